The minimum atomic E-state index is 0.315. The Hall–Kier alpha value is -1.06. The van der Waals surface area contributed by atoms with E-state index in [0.717, 1.165) is 31.8 Å². The van der Waals surface area contributed by atoms with Crippen molar-refractivity contribution >= 4 is 0 Å². The summed E-state index contributed by atoms with van der Waals surface area (Å²) in [5, 5.41) is 3.64. The van der Waals surface area contributed by atoms with Crippen molar-refractivity contribution in [3.05, 3.63) is 29.8 Å². The molecule has 0 radical (unpaired) electrons. The second kappa shape index (κ2) is 8.98. The third-order valence-electron chi connectivity index (χ3n) is 3.33. The van der Waals surface area contributed by atoms with Crippen LogP contribution >= 0.6 is 0 Å². The van der Waals surface area contributed by atoms with E-state index < -0.39 is 0 Å². The zero-order chi connectivity index (χ0) is 15.0. The van der Waals surface area contributed by atoms with Crippen molar-refractivity contribution in [3.63, 3.8) is 0 Å². The van der Waals surface area contributed by atoms with Gasteiger partial charge in [-0.25, -0.2) is 0 Å². The van der Waals surface area contributed by atoms with Gasteiger partial charge in [0, 0.05) is 24.7 Å². The van der Waals surface area contributed by atoms with Crippen LogP contribution in [0.4, 0.5) is 0 Å². The quantitative estimate of drug-likeness (QED) is 0.750. The van der Waals surface area contributed by atoms with E-state index in [4.69, 9.17) is 4.74 Å². The lowest BCUT2D eigenvalue weighted by molar-refractivity contribution is 0.259. The van der Waals surface area contributed by atoms with Crippen LogP contribution < -0.4 is 10.1 Å². The highest BCUT2D eigenvalue weighted by Crippen LogP contribution is 2.25. The van der Waals surface area contributed by atoms with E-state index in [1.54, 1.807) is 7.11 Å². The van der Waals surface area contributed by atoms with Gasteiger partial charge in [0.25, 0.3) is 0 Å². The zero-order valence-electron chi connectivity index (χ0n) is 13.6. The molecule has 1 N–H and O–H groups in total. The van der Waals surface area contributed by atoms with Crippen LogP contribution in [0.3, 0.4) is 0 Å². The van der Waals surface area contributed by atoms with Gasteiger partial charge in [-0.1, -0.05) is 39.0 Å². The fourth-order valence-corrected chi connectivity index (χ4v) is 2.56. The molecule has 1 unspecified atom stereocenters. The predicted molar refractivity (Wildman–Crippen MR) is 86.4 cm³/mol. The molecule has 0 heterocycles. The number of methoxy groups -OCH3 is 1. The third kappa shape index (κ3) is 5.51. The molecule has 0 aromatic heterocycles. The lowest BCUT2D eigenvalue weighted by Crippen LogP contribution is -2.35. The number of hydrogen-bond acceptors (Lipinski definition) is 3. The number of ether oxygens (including phenoxy) is 1. The van der Waals surface area contributed by atoms with Crippen LogP contribution in [-0.2, 0) is 0 Å². The molecular weight excluding hydrogens is 248 g/mol. The first-order chi connectivity index (χ1) is 9.58. The molecule has 0 saturated heterocycles. The second-order valence-electron chi connectivity index (χ2n) is 5.86. The Bertz CT molecular complexity index is 379. The number of rotatable bonds is 9. The van der Waals surface area contributed by atoms with Crippen LogP contribution in [0.5, 0.6) is 5.75 Å². The minimum Gasteiger partial charge on any atom is -0.496 e. The smallest absolute Gasteiger partial charge is 0.123 e. The van der Waals surface area contributed by atoms with Gasteiger partial charge in [-0.15, -0.1) is 0 Å². The average molecular weight is 278 g/mol. The van der Waals surface area contributed by atoms with Crippen LogP contribution in [0.15, 0.2) is 24.3 Å². The first-order valence-electron chi connectivity index (χ1n) is 7.63. The molecule has 0 bridgehead atoms. The van der Waals surface area contributed by atoms with Crippen molar-refractivity contribution < 1.29 is 4.74 Å². The molecular formula is C17H30N2O. The molecule has 3 heteroatoms. The molecule has 0 aliphatic carbocycles. The van der Waals surface area contributed by atoms with Gasteiger partial charge in [0.15, 0.2) is 0 Å². The molecule has 1 aromatic rings. The highest BCUT2D eigenvalue weighted by atomic mass is 16.5. The van der Waals surface area contributed by atoms with Gasteiger partial charge in [0.2, 0.25) is 0 Å². The number of likely N-dealkylation sites (N-methyl/N-ethyl adjacent to an activating group) is 1. The third-order valence-corrected chi connectivity index (χ3v) is 3.33. The summed E-state index contributed by atoms with van der Waals surface area (Å²) < 4.78 is 5.51. The van der Waals surface area contributed by atoms with Crippen LogP contribution in [0.2, 0.25) is 0 Å². The van der Waals surface area contributed by atoms with E-state index in [2.05, 4.69) is 50.2 Å². The van der Waals surface area contributed by atoms with Gasteiger partial charge in [-0.05, 0) is 32.0 Å². The Morgan fingerprint density at radius 2 is 1.90 bits per heavy atom. The van der Waals surface area contributed by atoms with E-state index in [-0.39, 0.29) is 0 Å². The van der Waals surface area contributed by atoms with Gasteiger partial charge in [0.1, 0.15) is 5.75 Å². The van der Waals surface area contributed by atoms with Crippen LogP contribution in [0.1, 0.15) is 38.8 Å². The van der Waals surface area contributed by atoms with Crippen molar-refractivity contribution in [1.82, 2.24) is 10.2 Å². The van der Waals surface area contributed by atoms with E-state index in [0.29, 0.717) is 12.0 Å². The molecule has 3 nitrogen and oxygen atoms in total. The van der Waals surface area contributed by atoms with Crippen molar-refractivity contribution in [2.75, 3.05) is 33.8 Å². The molecule has 0 aliphatic rings. The van der Waals surface area contributed by atoms with Gasteiger partial charge < -0.3 is 15.0 Å². The number of nitrogens with one attached hydrogen (secondary N) is 1. The van der Waals surface area contributed by atoms with Crippen LogP contribution in [0.25, 0.3) is 0 Å². The van der Waals surface area contributed by atoms with E-state index in [1.165, 1.54) is 5.56 Å². The number of benzene rings is 1. The first-order valence-corrected chi connectivity index (χ1v) is 7.63. The van der Waals surface area contributed by atoms with E-state index in [1.807, 2.05) is 12.1 Å². The summed E-state index contributed by atoms with van der Waals surface area (Å²) in [5.41, 5.74) is 1.25. The molecule has 0 spiro atoms. The van der Waals surface area contributed by atoms with Gasteiger partial charge in [0.05, 0.1) is 7.11 Å². The Morgan fingerprint density at radius 1 is 1.20 bits per heavy atom. The lowest BCUT2D eigenvalue weighted by Gasteiger charge is -2.27. The SMILES string of the molecule is CCCNC(CN(C)CC(C)C)c1ccccc1OC. The largest absolute Gasteiger partial charge is 0.496 e. The van der Waals surface area contributed by atoms with E-state index in [9.17, 15) is 0 Å². The highest BCUT2D eigenvalue weighted by Gasteiger charge is 2.17. The number of nitrogens with zero attached hydrogens (tertiary/aromatic N) is 1. The molecule has 0 amide bonds. The molecule has 1 atom stereocenters. The summed E-state index contributed by atoms with van der Waals surface area (Å²) >= 11 is 0. The predicted octanol–water partition coefficient (Wildman–Crippen LogP) is 3.32. The van der Waals surface area contributed by atoms with Crippen LogP contribution in [0, 0.1) is 5.92 Å². The molecule has 1 aromatic carbocycles. The normalized spacial score (nSPS) is 12.9. The van der Waals surface area contributed by atoms with Crippen molar-refractivity contribution in [1.29, 1.82) is 0 Å². The summed E-state index contributed by atoms with van der Waals surface area (Å²) in [6, 6.07) is 8.63. The fourth-order valence-electron chi connectivity index (χ4n) is 2.56. The Morgan fingerprint density at radius 3 is 2.50 bits per heavy atom. The van der Waals surface area contributed by atoms with Crippen molar-refractivity contribution in [2.45, 2.75) is 33.2 Å². The summed E-state index contributed by atoms with van der Waals surface area (Å²) in [5.74, 6) is 1.66. The van der Waals surface area contributed by atoms with Crippen molar-refractivity contribution in [3.8, 4) is 5.75 Å². The van der Waals surface area contributed by atoms with Crippen LogP contribution in [-0.4, -0.2) is 38.7 Å². The Labute approximate surface area is 124 Å². The summed E-state index contributed by atoms with van der Waals surface area (Å²) in [4.78, 5) is 2.39. The fraction of sp³-hybridized carbons (Fsp3) is 0.647. The van der Waals surface area contributed by atoms with Crippen molar-refractivity contribution in [2.24, 2.45) is 5.92 Å². The summed E-state index contributed by atoms with van der Waals surface area (Å²) in [6.07, 6.45) is 1.14. The standard InChI is InChI=1S/C17H30N2O/c1-6-11-18-16(13-19(4)12-14(2)3)15-9-7-8-10-17(15)20-5/h7-10,14,16,18H,6,11-13H2,1-5H3. The summed E-state index contributed by atoms with van der Waals surface area (Å²) in [6.45, 7) is 9.85. The maximum absolute atomic E-state index is 5.51. The Kier molecular flexibility index (Phi) is 7.63. The molecule has 1 rings (SSSR count). The van der Waals surface area contributed by atoms with Gasteiger partial charge in [-0.3, -0.25) is 0 Å². The van der Waals surface area contributed by atoms with Gasteiger partial charge >= 0.3 is 0 Å². The minimum absolute atomic E-state index is 0.315. The molecule has 0 aliphatic heterocycles. The Balaban J connectivity index is 2.82. The average Bonchev–Trinajstić information content (AvgIpc) is 2.42. The number of hydrogen-bond donors (Lipinski definition) is 1. The zero-order valence-corrected chi connectivity index (χ0v) is 13.6. The molecule has 0 saturated carbocycles. The molecule has 20 heavy (non-hydrogen) atoms. The maximum Gasteiger partial charge on any atom is 0.123 e. The lowest BCUT2D eigenvalue weighted by atomic mass is 10.0. The summed E-state index contributed by atoms with van der Waals surface area (Å²) in [7, 11) is 3.93. The van der Waals surface area contributed by atoms with E-state index >= 15 is 0 Å². The molecule has 114 valence electrons. The maximum atomic E-state index is 5.51. The highest BCUT2D eigenvalue weighted by molar-refractivity contribution is 5.36. The van der Waals surface area contributed by atoms with Gasteiger partial charge in [-0.2, -0.15) is 0 Å². The first kappa shape index (κ1) is 17.0. The second-order valence-corrected chi connectivity index (χ2v) is 5.86. The molecule has 0 fully saturated rings. The number of para-hydroxylation sites is 1. The monoisotopic (exact) mass is 278 g/mol. The topological polar surface area (TPSA) is 24.5 Å².